The highest BCUT2D eigenvalue weighted by molar-refractivity contribution is 8.00. The summed E-state index contributed by atoms with van der Waals surface area (Å²) in [6.07, 6.45) is 2.12. The molecule has 1 aliphatic heterocycles. The topological polar surface area (TPSA) is 39.2 Å². The van der Waals surface area contributed by atoms with Gasteiger partial charge in [0.1, 0.15) is 5.03 Å². The van der Waals surface area contributed by atoms with Gasteiger partial charge in [-0.3, -0.25) is 4.79 Å². The van der Waals surface area contributed by atoms with Gasteiger partial charge < -0.3 is 4.74 Å². The summed E-state index contributed by atoms with van der Waals surface area (Å²) in [5, 5.41) is 2.20. The Bertz CT molecular complexity index is 614. The van der Waals surface area contributed by atoms with Crippen LogP contribution in [0.2, 0.25) is 0 Å². The number of aldehydes is 1. The Morgan fingerprint density at radius 2 is 2.26 bits per heavy atom. The Hall–Kier alpha value is -1.39. The molecule has 0 saturated carbocycles. The molecule has 98 valence electrons. The van der Waals surface area contributed by atoms with Crippen LogP contribution in [0, 0.1) is 0 Å². The Kier molecular flexibility index (Phi) is 3.53. The molecule has 2 heterocycles. The summed E-state index contributed by atoms with van der Waals surface area (Å²) in [6.45, 7) is 2.87. The van der Waals surface area contributed by atoms with Crippen molar-refractivity contribution in [3.8, 4) is 0 Å². The lowest BCUT2D eigenvalue weighted by Gasteiger charge is -2.14. The van der Waals surface area contributed by atoms with Gasteiger partial charge in [0.25, 0.3) is 0 Å². The molecule has 0 amide bonds. The van der Waals surface area contributed by atoms with Crippen molar-refractivity contribution in [2.24, 2.45) is 0 Å². The summed E-state index contributed by atoms with van der Waals surface area (Å²) in [6, 6.07) is 9.79. The van der Waals surface area contributed by atoms with Crippen LogP contribution < -0.4 is 0 Å². The molecule has 1 aromatic carbocycles. The number of ether oxygens (including phenoxy) is 1. The molecule has 0 N–H and O–H groups in total. The molecular weight excluding hydrogens is 258 g/mol. The van der Waals surface area contributed by atoms with E-state index in [4.69, 9.17) is 4.74 Å². The van der Waals surface area contributed by atoms with Crippen LogP contribution in [0.15, 0.2) is 35.4 Å². The van der Waals surface area contributed by atoms with E-state index in [0.717, 1.165) is 35.2 Å². The number of rotatable bonds is 3. The number of benzene rings is 1. The Labute approximate surface area is 116 Å². The summed E-state index contributed by atoms with van der Waals surface area (Å²) in [5.41, 5.74) is 1.60. The van der Waals surface area contributed by atoms with Gasteiger partial charge in [-0.15, -0.1) is 0 Å². The van der Waals surface area contributed by atoms with Gasteiger partial charge in [0.15, 0.2) is 6.29 Å². The normalized spacial score (nSPS) is 22.8. The first kappa shape index (κ1) is 12.6. The molecule has 1 aromatic heterocycles. The fourth-order valence-electron chi connectivity index (χ4n) is 2.30. The lowest BCUT2D eigenvalue weighted by molar-refractivity contribution is 0.112. The van der Waals surface area contributed by atoms with Crippen molar-refractivity contribution in [1.29, 1.82) is 0 Å². The van der Waals surface area contributed by atoms with E-state index in [1.807, 2.05) is 30.3 Å². The van der Waals surface area contributed by atoms with Crippen LogP contribution in [0.3, 0.4) is 0 Å². The first-order valence-corrected chi connectivity index (χ1v) is 7.29. The second-order valence-electron chi connectivity index (χ2n) is 4.71. The Balaban J connectivity index is 1.99. The van der Waals surface area contributed by atoms with Crippen LogP contribution in [-0.4, -0.2) is 29.2 Å². The number of nitrogens with zero attached hydrogens (tertiary/aromatic N) is 1. The van der Waals surface area contributed by atoms with E-state index < -0.39 is 0 Å². The van der Waals surface area contributed by atoms with Crippen LogP contribution >= 0.6 is 11.8 Å². The van der Waals surface area contributed by atoms with Crippen LogP contribution in [0.5, 0.6) is 0 Å². The van der Waals surface area contributed by atoms with Crippen LogP contribution in [0.1, 0.15) is 23.7 Å². The molecule has 4 heteroatoms. The SMILES string of the molecule is CC1OCCC1Sc1nc2ccccc2cc1C=O. The number of aromatic nitrogens is 1. The number of fused-ring (bicyclic) bond motifs is 1. The molecule has 19 heavy (non-hydrogen) atoms. The van der Waals surface area contributed by atoms with Gasteiger partial charge in [-0.2, -0.15) is 0 Å². The van der Waals surface area contributed by atoms with Gasteiger partial charge in [-0.1, -0.05) is 30.0 Å². The highest BCUT2D eigenvalue weighted by atomic mass is 32.2. The molecule has 0 bridgehead atoms. The van der Waals surface area contributed by atoms with E-state index in [1.54, 1.807) is 11.8 Å². The number of carbonyl (C=O) groups excluding carboxylic acids is 1. The molecule has 0 radical (unpaired) electrons. The molecule has 1 saturated heterocycles. The third-order valence-electron chi connectivity index (χ3n) is 3.41. The second-order valence-corrected chi connectivity index (χ2v) is 5.94. The van der Waals surface area contributed by atoms with Gasteiger partial charge in [0.05, 0.1) is 11.6 Å². The highest BCUT2D eigenvalue weighted by Crippen LogP contribution is 2.34. The van der Waals surface area contributed by atoms with Crippen molar-refractivity contribution in [2.45, 2.75) is 29.7 Å². The smallest absolute Gasteiger partial charge is 0.152 e. The fourth-order valence-corrected chi connectivity index (χ4v) is 3.47. The van der Waals surface area contributed by atoms with Crippen molar-refractivity contribution in [1.82, 2.24) is 4.98 Å². The summed E-state index contributed by atoms with van der Waals surface area (Å²) in [4.78, 5) is 15.9. The molecule has 2 aromatic rings. The van der Waals surface area contributed by atoms with Crippen molar-refractivity contribution in [3.05, 3.63) is 35.9 Å². The number of hydrogen-bond donors (Lipinski definition) is 0. The average Bonchev–Trinajstić information content (AvgIpc) is 2.83. The van der Waals surface area contributed by atoms with Crippen LogP contribution in [0.25, 0.3) is 10.9 Å². The van der Waals surface area contributed by atoms with Gasteiger partial charge in [-0.25, -0.2) is 4.98 Å². The molecular formula is C15H15NO2S. The first-order chi connectivity index (χ1) is 9.28. The van der Waals surface area contributed by atoms with E-state index in [0.29, 0.717) is 10.8 Å². The first-order valence-electron chi connectivity index (χ1n) is 6.41. The van der Waals surface area contributed by atoms with Crippen molar-refractivity contribution < 1.29 is 9.53 Å². The van der Waals surface area contributed by atoms with Gasteiger partial charge >= 0.3 is 0 Å². The zero-order valence-electron chi connectivity index (χ0n) is 10.7. The monoisotopic (exact) mass is 273 g/mol. The maximum atomic E-state index is 11.2. The Morgan fingerprint density at radius 3 is 3.00 bits per heavy atom. The number of pyridine rings is 1. The van der Waals surface area contributed by atoms with Gasteiger partial charge in [-0.05, 0) is 25.5 Å². The molecule has 1 fully saturated rings. The lowest BCUT2D eigenvalue weighted by Crippen LogP contribution is -2.13. The Morgan fingerprint density at radius 1 is 1.42 bits per heavy atom. The van der Waals surface area contributed by atoms with Gasteiger partial charge in [0.2, 0.25) is 0 Å². The van der Waals surface area contributed by atoms with Crippen LogP contribution in [0.4, 0.5) is 0 Å². The average molecular weight is 273 g/mol. The van der Waals surface area contributed by atoms with Gasteiger partial charge in [0, 0.05) is 22.8 Å². The highest BCUT2D eigenvalue weighted by Gasteiger charge is 2.26. The van der Waals surface area contributed by atoms with E-state index in [2.05, 4.69) is 11.9 Å². The number of carbonyl (C=O) groups is 1. The molecule has 0 spiro atoms. The summed E-state index contributed by atoms with van der Waals surface area (Å²) in [5.74, 6) is 0. The minimum Gasteiger partial charge on any atom is -0.377 e. The van der Waals surface area contributed by atoms with E-state index >= 15 is 0 Å². The minimum atomic E-state index is 0.220. The zero-order valence-corrected chi connectivity index (χ0v) is 11.5. The maximum Gasteiger partial charge on any atom is 0.152 e. The van der Waals surface area contributed by atoms with E-state index in [1.165, 1.54) is 0 Å². The summed E-state index contributed by atoms with van der Waals surface area (Å²) in [7, 11) is 0. The predicted molar refractivity (Wildman–Crippen MR) is 76.8 cm³/mol. The third-order valence-corrected chi connectivity index (χ3v) is 4.89. The van der Waals surface area contributed by atoms with E-state index in [-0.39, 0.29) is 6.10 Å². The molecule has 1 aliphatic rings. The molecule has 0 aliphatic carbocycles. The molecule has 2 unspecified atom stereocenters. The van der Waals surface area contributed by atoms with Crippen LogP contribution in [-0.2, 0) is 4.74 Å². The largest absolute Gasteiger partial charge is 0.377 e. The molecule has 2 atom stereocenters. The lowest BCUT2D eigenvalue weighted by atomic mass is 10.2. The summed E-state index contributed by atoms with van der Waals surface area (Å²) < 4.78 is 5.56. The molecule has 3 nitrogen and oxygen atoms in total. The zero-order chi connectivity index (χ0) is 13.2. The van der Waals surface area contributed by atoms with E-state index in [9.17, 15) is 4.79 Å². The third kappa shape index (κ3) is 2.51. The second kappa shape index (κ2) is 5.31. The number of para-hydroxylation sites is 1. The number of thioether (sulfide) groups is 1. The fraction of sp³-hybridized carbons (Fsp3) is 0.333. The maximum absolute atomic E-state index is 11.2. The predicted octanol–water partition coefficient (Wildman–Crippen LogP) is 3.32. The van der Waals surface area contributed by atoms with Crippen molar-refractivity contribution >= 4 is 29.0 Å². The minimum absolute atomic E-state index is 0.220. The van der Waals surface area contributed by atoms with Crippen molar-refractivity contribution in [2.75, 3.05) is 6.61 Å². The standard InChI is InChI=1S/C15H15NO2S/c1-10-14(6-7-18-10)19-15-12(9-17)8-11-4-2-3-5-13(11)16-15/h2-5,8-10,14H,6-7H2,1H3. The quantitative estimate of drug-likeness (QED) is 0.804. The molecule has 3 rings (SSSR count). The number of hydrogen-bond acceptors (Lipinski definition) is 4. The van der Waals surface area contributed by atoms with Crippen molar-refractivity contribution in [3.63, 3.8) is 0 Å². The summed E-state index contributed by atoms with van der Waals surface area (Å²) >= 11 is 1.66.